The Morgan fingerprint density at radius 1 is 1.25 bits per heavy atom. The van der Waals surface area contributed by atoms with Crippen molar-refractivity contribution in [1.29, 1.82) is 0 Å². The van der Waals surface area contributed by atoms with Crippen LogP contribution in [0.4, 0.5) is 0 Å². The van der Waals surface area contributed by atoms with Crippen molar-refractivity contribution in [1.82, 2.24) is 5.32 Å². The molecule has 2 N–H and O–H groups in total. The minimum absolute atomic E-state index is 0.0779. The van der Waals surface area contributed by atoms with Gasteiger partial charge in [0, 0.05) is 30.2 Å². The molecule has 2 rings (SSSR count). The molecule has 0 bridgehead atoms. The number of methoxy groups -OCH3 is 1. The van der Waals surface area contributed by atoms with Crippen LogP contribution < -0.4 is 10.1 Å². The minimum Gasteiger partial charge on any atom is -0.496 e. The average molecular weight is 277 g/mol. The maximum atomic E-state index is 9.76. The first kappa shape index (κ1) is 15.3. The predicted octanol–water partition coefficient (Wildman–Crippen LogP) is 3.29. The second-order valence-electron chi connectivity index (χ2n) is 6.06. The Morgan fingerprint density at radius 3 is 2.60 bits per heavy atom. The Labute approximate surface area is 122 Å². The largest absolute Gasteiger partial charge is 0.496 e. The number of aliphatic hydroxyl groups excluding tert-OH is 1. The Balaban J connectivity index is 1.98. The molecule has 1 aromatic carbocycles. The van der Waals surface area contributed by atoms with Gasteiger partial charge in [-0.05, 0) is 25.8 Å². The Bertz CT molecular complexity index is 413. The number of nitrogens with one attached hydrogen (secondary N) is 1. The summed E-state index contributed by atoms with van der Waals surface area (Å²) in [6, 6.07) is 8.36. The van der Waals surface area contributed by atoms with Crippen molar-refractivity contribution in [2.45, 2.75) is 45.1 Å². The summed E-state index contributed by atoms with van der Waals surface area (Å²) >= 11 is 0. The molecule has 112 valence electrons. The fraction of sp³-hybridized carbons (Fsp3) is 0.647. The van der Waals surface area contributed by atoms with Gasteiger partial charge in [-0.2, -0.15) is 0 Å². The molecular weight excluding hydrogens is 250 g/mol. The molecule has 3 nitrogen and oxygen atoms in total. The van der Waals surface area contributed by atoms with Crippen molar-refractivity contribution in [3.63, 3.8) is 0 Å². The second-order valence-corrected chi connectivity index (χ2v) is 6.06. The molecule has 1 aliphatic rings. The first-order valence-electron chi connectivity index (χ1n) is 7.68. The molecule has 0 aliphatic heterocycles. The molecule has 1 aliphatic carbocycles. The van der Waals surface area contributed by atoms with E-state index in [0.717, 1.165) is 25.1 Å². The lowest BCUT2D eigenvalue weighted by Crippen LogP contribution is -2.40. The normalized spacial score (nSPS) is 19.6. The maximum Gasteiger partial charge on any atom is 0.123 e. The maximum absolute atomic E-state index is 9.76. The van der Waals surface area contributed by atoms with Crippen molar-refractivity contribution in [3.8, 4) is 5.75 Å². The Morgan fingerprint density at radius 2 is 1.95 bits per heavy atom. The molecule has 20 heavy (non-hydrogen) atoms. The summed E-state index contributed by atoms with van der Waals surface area (Å²) in [4.78, 5) is 0. The summed E-state index contributed by atoms with van der Waals surface area (Å²) < 4.78 is 5.42. The second kappa shape index (κ2) is 7.09. The zero-order chi connectivity index (χ0) is 14.4. The van der Waals surface area contributed by atoms with Crippen molar-refractivity contribution < 1.29 is 9.84 Å². The van der Waals surface area contributed by atoms with Crippen LogP contribution in [0.3, 0.4) is 0 Å². The molecule has 1 fully saturated rings. The summed E-state index contributed by atoms with van der Waals surface area (Å²) in [6.45, 7) is 3.33. The minimum atomic E-state index is 0.0779. The quantitative estimate of drug-likeness (QED) is 0.838. The summed E-state index contributed by atoms with van der Waals surface area (Å²) in [7, 11) is 1.71. The molecule has 0 amide bonds. The van der Waals surface area contributed by atoms with Crippen molar-refractivity contribution in [2.24, 2.45) is 5.41 Å². The highest BCUT2D eigenvalue weighted by atomic mass is 16.5. The summed E-state index contributed by atoms with van der Waals surface area (Å²) in [5.41, 5.74) is 1.26. The average Bonchev–Trinajstić information content (AvgIpc) is 2.53. The van der Waals surface area contributed by atoms with Gasteiger partial charge in [0.2, 0.25) is 0 Å². The zero-order valence-electron chi connectivity index (χ0n) is 12.7. The van der Waals surface area contributed by atoms with Crippen molar-refractivity contribution in [2.75, 3.05) is 20.3 Å². The van der Waals surface area contributed by atoms with Gasteiger partial charge in [-0.3, -0.25) is 0 Å². The van der Waals surface area contributed by atoms with E-state index in [4.69, 9.17) is 4.74 Å². The first-order chi connectivity index (χ1) is 9.71. The summed E-state index contributed by atoms with van der Waals surface area (Å²) in [5.74, 6) is 0.925. The molecule has 0 radical (unpaired) electrons. The van der Waals surface area contributed by atoms with Crippen molar-refractivity contribution in [3.05, 3.63) is 29.8 Å². The number of hydrogen-bond acceptors (Lipinski definition) is 3. The summed E-state index contributed by atoms with van der Waals surface area (Å²) in [6.07, 6.45) is 6.06. The number of para-hydroxylation sites is 1. The number of aliphatic hydroxyl groups is 1. The Hall–Kier alpha value is -1.06. The fourth-order valence-corrected chi connectivity index (χ4v) is 3.20. The SMILES string of the molecule is COc1ccccc1[C@@H](C)NCC1(CO)CCCCC1. The molecule has 1 atom stereocenters. The van der Waals surface area contributed by atoms with Gasteiger partial charge in [-0.25, -0.2) is 0 Å². The van der Waals surface area contributed by atoms with Crippen LogP contribution in [0.25, 0.3) is 0 Å². The van der Waals surface area contributed by atoms with Crippen LogP contribution in [0.2, 0.25) is 0 Å². The van der Waals surface area contributed by atoms with Gasteiger partial charge in [0.1, 0.15) is 5.75 Å². The van der Waals surface area contributed by atoms with E-state index in [-0.39, 0.29) is 11.5 Å². The lowest BCUT2D eigenvalue weighted by molar-refractivity contribution is 0.0788. The van der Waals surface area contributed by atoms with Crippen LogP contribution in [-0.2, 0) is 0 Å². The highest BCUT2D eigenvalue weighted by Gasteiger charge is 2.31. The highest BCUT2D eigenvalue weighted by Crippen LogP contribution is 2.36. The fourth-order valence-electron chi connectivity index (χ4n) is 3.20. The smallest absolute Gasteiger partial charge is 0.123 e. The molecular formula is C17H27NO2. The third kappa shape index (κ3) is 3.53. The van der Waals surface area contributed by atoms with E-state index in [0.29, 0.717) is 6.61 Å². The Kier molecular flexibility index (Phi) is 5.44. The van der Waals surface area contributed by atoms with E-state index in [1.807, 2.05) is 18.2 Å². The van der Waals surface area contributed by atoms with Crippen LogP contribution in [0.1, 0.15) is 50.6 Å². The van der Waals surface area contributed by atoms with Crippen LogP contribution in [0, 0.1) is 5.41 Å². The van der Waals surface area contributed by atoms with E-state index in [9.17, 15) is 5.11 Å². The van der Waals surface area contributed by atoms with E-state index in [1.54, 1.807) is 7.11 Å². The molecule has 1 saturated carbocycles. The van der Waals surface area contributed by atoms with Gasteiger partial charge in [-0.15, -0.1) is 0 Å². The van der Waals surface area contributed by atoms with Gasteiger partial charge in [-0.1, -0.05) is 37.5 Å². The third-order valence-electron chi connectivity index (χ3n) is 4.64. The van der Waals surface area contributed by atoms with Gasteiger partial charge in [0.05, 0.1) is 7.11 Å². The monoisotopic (exact) mass is 277 g/mol. The highest BCUT2D eigenvalue weighted by molar-refractivity contribution is 5.35. The van der Waals surface area contributed by atoms with Gasteiger partial charge in [0.25, 0.3) is 0 Å². The lowest BCUT2D eigenvalue weighted by Gasteiger charge is -2.37. The van der Waals surface area contributed by atoms with Crippen LogP contribution >= 0.6 is 0 Å². The van der Waals surface area contributed by atoms with Gasteiger partial charge >= 0.3 is 0 Å². The molecule has 0 unspecified atom stereocenters. The van der Waals surface area contributed by atoms with E-state index in [1.165, 1.54) is 24.8 Å². The first-order valence-corrected chi connectivity index (χ1v) is 7.68. The standard InChI is InChI=1S/C17H27NO2/c1-14(15-8-4-5-9-16(15)20-2)18-12-17(13-19)10-6-3-7-11-17/h4-5,8-9,14,18-19H,3,6-7,10-13H2,1-2H3/t14-/m1/s1. The molecule has 0 heterocycles. The predicted molar refractivity (Wildman–Crippen MR) is 82.0 cm³/mol. The van der Waals surface area contributed by atoms with Crippen LogP contribution in [0.5, 0.6) is 5.75 Å². The number of benzene rings is 1. The van der Waals surface area contributed by atoms with E-state index in [2.05, 4.69) is 18.3 Å². The summed E-state index contributed by atoms with van der Waals surface area (Å²) in [5, 5.41) is 13.4. The van der Waals surface area contributed by atoms with Gasteiger partial charge < -0.3 is 15.2 Å². The molecule has 3 heteroatoms. The molecule has 0 saturated heterocycles. The van der Waals surface area contributed by atoms with Crippen LogP contribution in [-0.4, -0.2) is 25.4 Å². The van der Waals surface area contributed by atoms with Crippen molar-refractivity contribution >= 4 is 0 Å². The molecule has 1 aromatic rings. The van der Waals surface area contributed by atoms with Crippen LogP contribution in [0.15, 0.2) is 24.3 Å². The number of rotatable bonds is 6. The molecule has 0 aromatic heterocycles. The lowest BCUT2D eigenvalue weighted by atomic mass is 9.74. The third-order valence-corrected chi connectivity index (χ3v) is 4.64. The topological polar surface area (TPSA) is 41.5 Å². The van der Waals surface area contributed by atoms with E-state index >= 15 is 0 Å². The zero-order valence-corrected chi connectivity index (χ0v) is 12.7. The van der Waals surface area contributed by atoms with E-state index < -0.39 is 0 Å². The number of ether oxygens (including phenoxy) is 1. The van der Waals surface area contributed by atoms with Gasteiger partial charge in [0.15, 0.2) is 0 Å². The number of hydrogen-bond donors (Lipinski definition) is 2. The molecule has 0 spiro atoms.